The Morgan fingerprint density at radius 1 is 1.22 bits per heavy atom. The lowest BCUT2D eigenvalue weighted by Crippen LogP contribution is -2.53. The number of allylic oxidation sites excluding steroid dienone is 1. The van der Waals surface area contributed by atoms with Crippen molar-refractivity contribution < 1.29 is 4.43 Å². The van der Waals surface area contributed by atoms with Crippen molar-refractivity contribution in [1.29, 1.82) is 0 Å². The molecule has 2 heterocycles. The fourth-order valence-corrected chi connectivity index (χ4v) is 8.87. The van der Waals surface area contributed by atoms with Crippen LogP contribution in [0.2, 0.25) is 18.1 Å². The Morgan fingerprint density at radius 2 is 2.00 bits per heavy atom. The van der Waals surface area contributed by atoms with E-state index in [9.17, 15) is 0 Å². The van der Waals surface area contributed by atoms with E-state index < -0.39 is 8.32 Å². The highest BCUT2D eigenvalue weighted by Gasteiger charge is 2.57. The Kier molecular flexibility index (Phi) is 6.47. The number of aromatic amines is 1. The average Bonchev–Trinajstić information content (AvgIpc) is 3.53. The average molecular weight is 509 g/mol. The molecule has 2 aromatic rings. The third-order valence-electron chi connectivity index (χ3n) is 11.4. The molecule has 0 amide bonds. The second-order valence-corrected chi connectivity index (χ2v) is 19.1. The van der Waals surface area contributed by atoms with Gasteiger partial charge in [-0.2, -0.15) is 5.10 Å². The number of nitrogens with zero attached hydrogens (tertiary/aromatic N) is 3. The number of hydrogen-bond acceptors (Lipinski definition) is 3. The van der Waals surface area contributed by atoms with Crippen molar-refractivity contribution in [1.82, 2.24) is 19.7 Å². The zero-order valence-electron chi connectivity index (χ0n) is 23.7. The van der Waals surface area contributed by atoms with Gasteiger partial charge in [-0.3, -0.25) is 5.10 Å². The van der Waals surface area contributed by atoms with Gasteiger partial charge in [0.25, 0.3) is 0 Å². The fourth-order valence-electron chi connectivity index (χ4n) is 7.82. The molecule has 6 atom stereocenters. The molecule has 5 nitrogen and oxygen atoms in total. The largest absolute Gasteiger partial charge is 0.417 e. The highest BCUT2D eigenvalue weighted by Crippen LogP contribution is 2.63. The first-order valence-electron chi connectivity index (χ1n) is 14.1. The van der Waals surface area contributed by atoms with E-state index >= 15 is 0 Å². The van der Waals surface area contributed by atoms with Gasteiger partial charge in [-0.1, -0.05) is 46.8 Å². The van der Waals surface area contributed by atoms with E-state index in [-0.39, 0.29) is 15.9 Å². The predicted octanol–water partition coefficient (Wildman–Crippen LogP) is 7.05. The Hall–Kier alpha value is -1.66. The molecule has 0 radical (unpaired) electrons. The third-order valence-corrected chi connectivity index (χ3v) is 15.9. The van der Waals surface area contributed by atoms with Crippen LogP contribution in [0.4, 0.5) is 0 Å². The first-order valence-corrected chi connectivity index (χ1v) is 17.0. The summed E-state index contributed by atoms with van der Waals surface area (Å²) in [6.07, 6.45) is 15.3. The van der Waals surface area contributed by atoms with Crippen molar-refractivity contribution in [3.8, 4) is 0 Å². The minimum absolute atomic E-state index is 0.176. The summed E-state index contributed by atoms with van der Waals surface area (Å²) in [5.41, 5.74) is 4.70. The second-order valence-electron chi connectivity index (χ2n) is 14.3. The highest BCUT2D eigenvalue weighted by molar-refractivity contribution is 6.74. The Bertz CT molecular complexity index is 1080. The second kappa shape index (κ2) is 8.97. The van der Waals surface area contributed by atoms with E-state index in [2.05, 4.69) is 86.4 Å². The molecule has 2 saturated carbocycles. The summed E-state index contributed by atoms with van der Waals surface area (Å²) in [6, 6.07) is 0. The van der Waals surface area contributed by atoms with Crippen molar-refractivity contribution in [2.75, 3.05) is 6.61 Å². The lowest BCUT2D eigenvalue weighted by Gasteiger charge is -2.56. The quantitative estimate of drug-likeness (QED) is 0.336. The Labute approximate surface area is 219 Å². The van der Waals surface area contributed by atoms with E-state index in [4.69, 9.17) is 4.43 Å². The molecule has 36 heavy (non-hydrogen) atoms. The van der Waals surface area contributed by atoms with E-state index in [0.717, 1.165) is 26.0 Å². The van der Waals surface area contributed by atoms with Gasteiger partial charge in [0.15, 0.2) is 8.32 Å². The van der Waals surface area contributed by atoms with Gasteiger partial charge in [-0.05, 0) is 96.7 Å². The van der Waals surface area contributed by atoms with Gasteiger partial charge in [0.05, 0.1) is 12.5 Å². The van der Waals surface area contributed by atoms with Gasteiger partial charge < -0.3 is 8.99 Å². The Morgan fingerprint density at radius 3 is 2.69 bits per heavy atom. The Balaban J connectivity index is 1.50. The molecule has 0 aliphatic heterocycles. The number of H-pyrrole nitrogens is 1. The molecular weight excluding hydrogens is 460 g/mol. The van der Waals surface area contributed by atoms with Crippen LogP contribution in [0.1, 0.15) is 71.6 Å². The number of fused-ring (bicyclic) bond motifs is 2. The summed E-state index contributed by atoms with van der Waals surface area (Å²) >= 11 is 0. The van der Waals surface area contributed by atoms with Crippen molar-refractivity contribution in [3.05, 3.63) is 48.3 Å². The fraction of sp³-hybridized carbons (Fsp3) is 0.733. The molecular formula is C30H48N4OSi. The summed E-state index contributed by atoms with van der Waals surface area (Å²) in [5.74, 6) is 2.44. The van der Waals surface area contributed by atoms with Crippen LogP contribution in [0.25, 0.3) is 0 Å². The molecule has 0 unspecified atom stereocenters. The van der Waals surface area contributed by atoms with E-state index in [1.165, 1.54) is 42.5 Å². The third kappa shape index (κ3) is 4.26. The van der Waals surface area contributed by atoms with Crippen LogP contribution in [0.5, 0.6) is 0 Å². The summed E-state index contributed by atoms with van der Waals surface area (Å²) in [7, 11) is -1.84. The van der Waals surface area contributed by atoms with Crippen LogP contribution in [-0.2, 0) is 23.8 Å². The molecule has 2 fully saturated rings. The van der Waals surface area contributed by atoms with Gasteiger partial charge in [0, 0.05) is 31.2 Å². The number of nitrogens with one attached hydrogen (secondary N) is 1. The smallest absolute Gasteiger partial charge is 0.191 e. The molecule has 0 aromatic carbocycles. The lowest BCUT2D eigenvalue weighted by atomic mass is 9.49. The molecule has 2 aromatic heterocycles. The van der Waals surface area contributed by atoms with Crippen LogP contribution in [-0.4, -0.2) is 34.7 Å². The zero-order valence-corrected chi connectivity index (χ0v) is 24.7. The van der Waals surface area contributed by atoms with Gasteiger partial charge in [0.2, 0.25) is 0 Å². The van der Waals surface area contributed by atoms with Crippen LogP contribution in [0, 0.1) is 34.5 Å². The molecule has 3 aliphatic carbocycles. The number of imidazole rings is 1. The van der Waals surface area contributed by atoms with Crippen molar-refractivity contribution >= 4 is 8.32 Å². The number of rotatable bonds is 6. The maximum Gasteiger partial charge on any atom is 0.191 e. The summed E-state index contributed by atoms with van der Waals surface area (Å²) in [5, 5.41) is 8.02. The van der Waals surface area contributed by atoms with Crippen LogP contribution in [0.3, 0.4) is 0 Å². The van der Waals surface area contributed by atoms with Crippen LogP contribution in [0.15, 0.2) is 37.1 Å². The van der Waals surface area contributed by atoms with Crippen LogP contribution >= 0.6 is 0 Å². The van der Waals surface area contributed by atoms with Crippen LogP contribution < -0.4 is 0 Å². The predicted molar refractivity (Wildman–Crippen MR) is 149 cm³/mol. The molecule has 6 heteroatoms. The maximum atomic E-state index is 6.95. The van der Waals surface area contributed by atoms with Gasteiger partial charge in [-0.15, -0.1) is 0 Å². The molecule has 3 aliphatic rings. The van der Waals surface area contributed by atoms with E-state index in [0.29, 0.717) is 23.7 Å². The summed E-state index contributed by atoms with van der Waals surface area (Å²) in [4.78, 5) is 4.40. The van der Waals surface area contributed by atoms with E-state index in [1.54, 1.807) is 0 Å². The number of aromatic nitrogens is 4. The van der Waals surface area contributed by atoms with Crippen molar-refractivity contribution in [3.63, 3.8) is 0 Å². The van der Waals surface area contributed by atoms with Gasteiger partial charge in [-0.25, -0.2) is 4.98 Å². The monoisotopic (exact) mass is 508 g/mol. The standard InChI is InChI=1S/C30H48N4OSi/c1-21-9-10-25-24(18-34-14-13-31-20-34)26(11-12-29(21,25)5)30(6)16-22-17-32-33-27(22)15-23(30)19-35-36(7,8)28(2,3)4/h13-14,17,20,23-26H,1,9-12,15-16,18-19H2,2-8H3,(H,32,33)/t23-,24+,25+,26+,29-,30+/m1/s1. The zero-order chi connectivity index (χ0) is 25.9. The first kappa shape index (κ1) is 26.0. The summed E-state index contributed by atoms with van der Waals surface area (Å²) < 4.78 is 9.29. The minimum atomic E-state index is -1.84. The number of hydrogen-bond donors (Lipinski definition) is 1. The van der Waals surface area contributed by atoms with Crippen molar-refractivity contribution in [2.24, 2.45) is 34.5 Å². The highest BCUT2D eigenvalue weighted by atomic mass is 28.4. The topological polar surface area (TPSA) is 55.7 Å². The minimum Gasteiger partial charge on any atom is -0.417 e. The molecule has 0 bridgehead atoms. The van der Waals surface area contributed by atoms with Gasteiger partial charge >= 0.3 is 0 Å². The molecule has 1 N–H and O–H groups in total. The maximum absolute atomic E-state index is 6.95. The molecule has 0 saturated heterocycles. The molecule has 5 rings (SSSR count). The lowest BCUT2D eigenvalue weighted by molar-refractivity contribution is -0.0611. The van der Waals surface area contributed by atoms with Crippen molar-refractivity contribution in [2.45, 2.75) is 97.8 Å². The molecule has 198 valence electrons. The van der Waals surface area contributed by atoms with Gasteiger partial charge in [0.1, 0.15) is 0 Å². The first-order chi connectivity index (χ1) is 16.8. The summed E-state index contributed by atoms with van der Waals surface area (Å²) in [6.45, 7) is 23.4. The normalized spacial score (nSPS) is 35.0. The SMILES string of the molecule is C=C1CC[C@H]2[C@H](Cn3ccnc3)[C@@H]([C@@]3(C)Cc4cn[nH]c4C[C@@H]3CO[Si](C)(C)C(C)(C)C)CC[C@]12C. The van der Waals surface area contributed by atoms with E-state index in [1.807, 2.05) is 12.5 Å². The molecule has 0 spiro atoms.